The Labute approximate surface area is 55.4 Å². The van der Waals surface area contributed by atoms with Gasteiger partial charge >= 0.3 is 0 Å². The highest BCUT2D eigenvalue weighted by Gasteiger charge is 1.94. The first-order chi connectivity index (χ1) is 4.85. The second kappa shape index (κ2) is 5.50. The molecule has 0 saturated heterocycles. The lowest BCUT2D eigenvalue weighted by Gasteiger charge is -1.85. The van der Waals surface area contributed by atoms with Crippen molar-refractivity contribution < 1.29 is 0 Å². The summed E-state index contributed by atoms with van der Waals surface area (Å²) in [5.74, 6) is 0. The van der Waals surface area contributed by atoms with Crippen LogP contribution < -0.4 is 0 Å². The van der Waals surface area contributed by atoms with Crippen molar-refractivity contribution in [2.24, 2.45) is 14.7 Å². The van der Waals surface area contributed by atoms with E-state index in [2.05, 4.69) is 29.4 Å². The minimum absolute atomic E-state index is 1.94. The van der Waals surface area contributed by atoms with Crippen LogP contribution in [0.2, 0.25) is 0 Å². The van der Waals surface area contributed by atoms with Gasteiger partial charge in [-0.15, -0.1) is 0 Å². The van der Waals surface area contributed by atoms with Crippen LogP contribution in [0.15, 0.2) is 14.7 Å². The molecule has 50 valence electrons. The van der Waals surface area contributed by atoms with Crippen molar-refractivity contribution in [3.05, 3.63) is 31.3 Å². The van der Waals surface area contributed by atoms with Gasteiger partial charge < -0.3 is 0 Å². The molecular weight excluding hydrogens is 157 g/mol. The van der Waals surface area contributed by atoms with E-state index in [-0.39, 0.29) is 0 Å². The molecule has 0 N–H and O–H groups in total. The van der Waals surface area contributed by atoms with Gasteiger partial charge in [-0.3, -0.25) is 0 Å². The van der Waals surface area contributed by atoms with Gasteiger partial charge in [0.25, 0.3) is 0 Å². The predicted molar refractivity (Wildman–Crippen MR) is 34.4 cm³/mol. The SMILES string of the molecule is [N-]=[N+]=NP(N=[N+]=[N-])N=[N+]=[N-]. The second-order valence-electron chi connectivity index (χ2n) is 0.805. The van der Waals surface area contributed by atoms with E-state index in [4.69, 9.17) is 16.6 Å². The van der Waals surface area contributed by atoms with Crippen molar-refractivity contribution >= 4 is 8.37 Å². The lowest BCUT2D eigenvalue weighted by Crippen LogP contribution is -1.45. The highest BCUT2D eigenvalue weighted by molar-refractivity contribution is 7.52. The average molecular weight is 157 g/mol. The molecule has 0 unspecified atom stereocenters. The number of azide groups is 1. The van der Waals surface area contributed by atoms with E-state index in [0.717, 1.165) is 0 Å². The Morgan fingerprint density at radius 3 is 1.30 bits per heavy atom. The molecule has 0 atom stereocenters. The van der Waals surface area contributed by atoms with Crippen LogP contribution >= 0.6 is 8.37 Å². The molecule has 0 aromatic carbocycles. The Balaban J connectivity index is 4.39. The molecule has 10 heavy (non-hydrogen) atoms. The standard InChI is InChI=1S/N9P/c1-4-7-10(8-5-2)9-6-3. The van der Waals surface area contributed by atoms with Crippen LogP contribution in [0.3, 0.4) is 0 Å². The summed E-state index contributed by atoms with van der Waals surface area (Å²) in [5.41, 5.74) is 23.4. The third-order valence-electron chi connectivity index (χ3n) is 0.360. The maximum Gasteiger partial charge on any atom is 0.170 e. The zero-order chi connectivity index (χ0) is 7.82. The van der Waals surface area contributed by atoms with Gasteiger partial charge in [0.2, 0.25) is 0 Å². The van der Waals surface area contributed by atoms with Gasteiger partial charge in [-0.1, -0.05) is 14.7 Å². The number of hydrogen-bond acceptors (Lipinski definition) is 3. The van der Waals surface area contributed by atoms with Crippen molar-refractivity contribution in [3.63, 3.8) is 0 Å². The third-order valence-corrected chi connectivity index (χ3v) is 1.08. The maximum atomic E-state index is 7.80. The summed E-state index contributed by atoms with van der Waals surface area (Å²) < 4.78 is 0. The molecule has 0 aromatic heterocycles. The van der Waals surface area contributed by atoms with Gasteiger partial charge in [0.1, 0.15) is 0 Å². The van der Waals surface area contributed by atoms with Crippen LogP contribution in [0.25, 0.3) is 31.3 Å². The van der Waals surface area contributed by atoms with Crippen LogP contribution in [0, 0.1) is 0 Å². The Morgan fingerprint density at radius 2 is 1.10 bits per heavy atom. The van der Waals surface area contributed by atoms with Crippen molar-refractivity contribution in [2.45, 2.75) is 0 Å². The molecular formula is N9P. The van der Waals surface area contributed by atoms with Crippen LogP contribution in [0.4, 0.5) is 0 Å². The Bertz CT molecular complexity index is 189. The summed E-state index contributed by atoms with van der Waals surface area (Å²) in [6.45, 7) is 0. The molecule has 9 nitrogen and oxygen atoms in total. The molecule has 0 heterocycles. The summed E-state index contributed by atoms with van der Waals surface area (Å²) in [6.07, 6.45) is 0. The van der Waals surface area contributed by atoms with Crippen molar-refractivity contribution in [1.29, 1.82) is 0 Å². The van der Waals surface area contributed by atoms with E-state index in [1.165, 1.54) is 0 Å². The van der Waals surface area contributed by atoms with E-state index in [1.807, 2.05) is 0 Å². The fourth-order valence-electron chi connectivity index (χ4n) is 0.161. The molecule has 0 aliphatic rings. The van der Waals surface area contributed by atoms with E-state index < -0.39 is 8.37 Å². The normalized spacial score (nSPS) is 9.60. The lowest BCUT2D eigenvalue weighted by atomic mass is 13.0. The minimum atomic E-state index is -1.94. The third kappa shape index (κ3) is 3.37. The van der Waals surface area contributed by atoms with Gasteiger partial charge in [0, 0.05) is 14.7 Å². The highest BCUT2D eigenvalue weighted by atomic mass is 31.1. The molecule has 0 aromatic rings. The van der Waals surface area contributed by atoms with E-state index in [1.54, 1.807) is 0 Å². The van der Waals surface area contributed by atoms with Crippen molar-refractivity contribution in [1.82, 2.24) is 0 Å². The monoisotopic (exact) mass is 157 g/mol. The van der Waals surface area contributed by atoms with E-state index in [9.17, 15) is 0 Å². The van der Waals surface area contributed by atoms with E-state index in [0.29, 0.717) is 0 Å². The Morgan fingerprint density at radius 1 is 0.800 bits per heavy atom. The maximum absolute atomic E-state index is 7.80. The predicted octanol–water partition coefficient (Wildman–Crippen LogP) is 3.14. The summed E-state index contributed by atoms with van der Waals surface area (Å²) in [5, 5.41) is 0. The van der Waals surface area contributed by atoms with Gasteiger partial charge in [-0.05, 0) is 16.6 Å². The molecule has 0 radical (unpaired) electrons. The second-order valence-corrected chi connectivity index (χ2v) is 1.88. The van der Waals surface area contributed by atoms with Crippen LogP contribution in [0.5, 0.6) is 0 Å². The molecule has 0 aliphatic carbocycles. The average Bonchev–Trinajstić information content (AvgIpc) is 1.90. The Kier molecular flexibility index (Phi) is 4.59. The minimum Gasteiger partial charge on any atom is -0.0588 e. The molecule has 10 heteroatoms. The van der Waals surface area contributed by atoms with Crippen molar-refractivity contribution in [3.8, 4) is 0 Å². The van der Waals surface area contributed by atoms with Gasteiger partial charge in [-0.2, -0.15) is 0 Å². The number of rotatable bonds is 3. The molecule has 0 amide bonds. The fraction of sp³-hybridized carbons (Fsp3) is 0. The summed E-state index contributed by atoms with van der Waals surface area (Å²) >= 11 is 0. The first-order valence-corrected chi connectivity index (χ1v) is 3.00. The molecule has 0 aliphatic heterocycles. The van der Waals surface area contributed by atoms with Crippen LogP contribution in [-0.2, 0) is 0 Å². The summed E-state index contributed by atoms with van der Waals surface area (Å²) in [7, 11) is -1.94. The fourth-order valence-corrected chi connectivity index (χ4v) is 0.483. The van der Waals surface area contributed by atoms with Gasteiger partial charge in [0.05, 0.1) is 0 Å². The topological polar surface area (TPSA) is 146 Å². The lowest BCUT2D eigenvalue weighted by molar-refractivity contribution is 1.55. The molecule has 0 fully saturated rings. The van der Waals surface area contributed by atoms with Gasteiger partial charge in [-0.25, -0.2) is 0 Å². The molecule has 0 spiro atoms. The Hall–Kier alpha value is -1.64. The van der Waals surface area contributed by atoms with E-state index >= 15 is 0 Å². The van der Waals surface area contributed by atoms with Crippen LogP contribution in [-0.4, -0.2) is 0 Å². The zero-order valence-corrected chi connectivity index (χ0v) is 5.37. The highest BCUT2D eigenvalue weighted by Crippen LogP contribution is 2.40. The molecule has 0 saturated carbocycles. The largest absolute Gasteiger partial charge is 0.170 e. The number of hydrogen-bond donors (Lipinski definition) is 0. The molecule has 0 rings (SSSR count). The van der Waals surface area contributed by atoms with Gasteiger partial charge in [0.15, 0.2) is 8.37 Å². The first-order valence-electron chi connectivity index (χ1n) is 1.80. The van der Waals surface area contributed by atoms with Crippen LogP contribution in [0.1, 0.15) is 0 Å². The summed E-state index contributed by atoms with van der Waals surface area (Å²) in [4.78, 5) is 15.6. The first kappa shape index (κ1) is 8.36. The zero-order valence-electron chi connectivity index (χ0n) is 4.47. The van der Waals surface area contributed by atoms with Crippen molar-refractivity contribution in [2.75, 3.05) is 0 Å². The summed E-state index contributed by atoms with van der Waals surface area (Å²) in [6, 6.07) is 0. The number of nitrogens with zero attached hydrogens (tertiary/aromatic N) is 9. The smallest absolute Gasteiger partial charge is 0.0588 e. The quantitative estimate of drug-likeness (QED) is 0.256. The molecule has 0 bridgehead atoms.